The second-order valence-electron chi connectivity index (χ2n) is 6.13. The highest BCUT2D eigenvalue weighted by Crippen LogP contribution is 2.18. The first kappa shape index (κ1) is 17.3. The quantitative estimate of drug-likeness (QED) is 0.928. The van der Waals surface area contributed by atoms with Crippen LogP contribution in [0, 0.1) is 19.8 Å². The molecule has 1 aromatic rings. The lowest BCUT2D eigenvalue weighted by Crippen LogP contribution is -2.45. The molecule has 1 heterocycles. The zero-order valence-corrected chi connectivity index (χ0v) is 14.2. The molecule has 0 saturated carbocycles. The molecule has 1 fully saturated rings. The van der Waals surface area contributed by atoms with Gasteiger partial charge in [-0.1, -0.05) is 23.8 Å². The number of carbonyl (C=O) groups excluding carboxylic acids is 2. The van der Waals surface area contributed by atoms with Crippen LogP contribution in [0.4, 0.5) is 4.79 Å². The van der Waals surface area contributed by atoms with Crippen molar-refractivity contribution in [2.24, 2.45) is 5.92 Å². The summed E-state index contributed by atoms with van der Waals surface area (Å²) in [5, 5.41) is 3.00. The monoisotopic (exact) mass is 318 g/mol. The first-order valence-electron chi connectivity index (χ1n) is 8.26. The van der Waals surface area contributed by atoms with Crippen LogP contribution in [0.5, 0.6) is 0 Å². The molecule has 0 aromatic heterocycles. The number of nitrogens with one attached hydrogen (secondary N) is 1. The Morgan fingerprint density at radius 3 is 2.83 bits per heavy atom. The molecule has 1 N–H and O–H groups in total. The van der Waals surface area contributed by atoms with Crippen molar-refractivity contribution in [3.05, 3.63) is 34.9 Å². The van der Waals surface area contributed by atoms with Crippen molar-refractivity contribution in [3.63, 3.8) is 0 Å². The topological polar surface area (TPSA) is 58.6 Å². The summed E-state index contributed by atoms with van der Waals surface area (Å²) in [4.78, 5) is 25.8. The molecule has 0 radical (unpaired) electrons. The van der Waals surface area contributed by atoms with E-state index in [1.165, 1.54) is 11.1 Å². The molecule has 2 rings (SSSR count). The largest absolute Gasteiger partial charge is 0.450 e. The summed E-state index contributed by atoms with van der Waals surface area (Å²) in [7, 11) is 0. The molecule has 0 spiro atoms. The number of ether oxygens (including phenoxy) is 1. The van der Waals surface area contributed by atoms with E-state index in [1.54, 1.807) is 11.8 Å². The van der Waals surface area contributed by atoms with Gasteiger partial charge in [-0.3, -0.25) is 4.79 Å². The van der Waals surface area contributed by atoms with E-state index in [0.717, 1.165) is 18.4 Å². The van der Waals surface area contributed by atoms with Crippen LogP contribution in [-0.4, -0.2) is 36.6 Å². The minimum Gasteiger partial charge on any atom is -0.450 e. The van der Waals surface area contributed by atoms with Gasteiger partial charge in [0, 0.05) is 19.6 Å². The Balaban J connectivity index is 1.88. The number of carbonyl (C=O) groups is 2. The molecule has 0 bridgehead atoms. The number of likely N-dealkylation sites (tertiary alicyclic amines) is 1. The third kappa shape index (κ3) is 4.71. The van der Waals surface area contributed by atoms with Gasteiger partial charge in [-0.05, 0) is 44.7 Å². The smallest absolute Gasteiger partial charge is 0.409 e. The van der Waals surface area contributed by atoms with Crippen molar-refractivity contribution in [2.45, 2.75) is 40.2 Å². The number of piperidine rings is 1. The summed E-state index contributed by atoms with van der Waals surface area (Å²) in [6.45, 7) is 7.89. The van der Waals surface area contributed by atoms with E-state index in [9.17, 15) is 9.59 Å². The lowest BCUT2D eigenvalue weighted by molar-refractivity contribution is -0.126. The van der Waals surface area contributed by atoms with Gasteiger partial charge in [-0.25, -0.2) is 4.79 Å². The lowest BCUT2D eigenvalue weighted by atomic mass is 9.97. The molecule has 1 saturated heterocycles. The number of amides is 2. The summed E-state index contributed by atoms with van der Waals surface area (Å²) in [5.74, 6) is -0.141. The van der Waals surface area contributed by atoms with Crippen LogP contribution in [-0.2, 0) is 16.1 Å². The van der Waals surface area contributed by atoms with Crippen LogP contribution in [0.2, 0.25) is 0 Å². The van der Waals surface area contributed by atoms with Crippen LogP contribution in [0.3, 0.4) is 0 Å². The van der Waals surface area contributed by atoms with Gasteiger partial charge in [0.15, 0.2) is 0 Å². The van der Waals surface area contributed by atoms with E-state index in [2.05, 4.69) is 37.4 Å². The molecule has 1 aromatic carbocycles. The molecule has 5 heteroatoms. The highest BCUT2D eigenvalue weighted by Gasteiger charge is 2.28. The predicted molar refractivity (Wildman–Crippen MR) is 89.1 cm³/mol. The summed E-state index contributed by atoms with van der Waals surface area (Å²) >= 11 is 0. The summed E-state index contributed by atoms with van der Waals surface area (Å²) in [5.41, 5.74) is 3.53. The average molecular weight is 318 g/mol. The van der Waals surface area contributed by atoms with Crippen LogP contribution in [0.1, 0.15) is 36.5 Å². The van der Waals surface area contributed by atoms with Gasteiger partial charge in [0.05, 0.1) is 12.5 Å². The fourth-order valence-electron chi connectivity index (χ4n) is 2.94. The van der Waals surface area contributed by atoms with E-state index in [1.807, 2.05) is 0 Å². The van der Waals surface area contributed by atoms with Crippen molar-refractivity contribution in [3.8, 4) is 0 Å². The van der Waals surface area contributed by atoms with Crippen LogP contribution < -0.4 is 5.32 Å². The Labute approximate surface area is 138 Å². The Bertz CT molecular complexity index is 571. The molecule has 1 atom stereocenters. The second kappa shape index (κ2) is 7.99. The maximum absolute atomic E-state index is 12.4. The van der Waals surface area contributed by atoms with Gasteiger partial charge >= 0.3 is 6.09 Å². The summed E-state index contributed by atoms with van der Waals surface area (Å²) in [6.07, 6.45) is 1.33. The van der Waals surface area contributed by atoms with E-state index in [-0.39, 0.29) is 17.9 Å². The van der Waals surface area contributed by atoms with Gasteiger partial charge in [-0.2, -0.15) is 0 Å². The average Bonchev–Trinajstić information content (AvgIpc) is 2.54. The van der Waals surface area contributed by atoms with Crippen molar-refractivity contribution >= 4 is 12.0 Å². The first-order valence-corrected chi connectivity index (χ1v) is 8.26. The van der Waals surface area contributed by atoms with Crippen molar-refractivity contribution in [1.29, 1.82) is 0 Å². The first-order chi connectivity index (χ1) is 11.0. The summed E-state index contributed by atoms with van der Waals surface area (Å²) < 4.78 is 5.02. The number of hydrogen-bond donors (Lipinski definition) is 1. The molecule has 5 nitrogen and oxygen atoms in total. The zero-order valence-electron chi connectivity index (χ0n) is 14.2. The van der Waals surface area contributed by atoms with Crippen molar-refractivity contribution in [1.82, 2.24) is 10.2 Å². The van der Waals surface area contributed by atoms with Gasteiger partial charge < -0.3 is 15.0 Å². The summed E-state index contributed by atoms with van der Waals surface area (Å²) in [6, 6.07) is 6.22. The maximum atomic E-state index is 12.4. The molecule has 126 valence electrons. The standard InChI is InChI=1S/C18H26N2O3/c1-4-23-18(22)20-9-5-6-16(12-20)17(21)19-11-15-8-7-13(2)10-14(15)3/h7-8,10,16H,4-6,9,11-12H2,1-3H3,(H,19,21). The highest BCUT2D eigenvalue weighted by molar-refractivity contribution is 5.80. The fourth-order valence-corrected chi connectivity index (χ4v) is 2.94. The van der Waals surface area contributed by atoms with E-state index >= 15 is 0 Å². The molecular weight excluding hydrogens is 292 g/mol. The van der Waals surface area contributed by atoms with Crippen molar-refractivity contribution < 1.29 is 14.3 Å². The molecule has 0 aliphatic carbocycles. The van der Waals surface area contributed by atoms with E-state index in [0.29, 0.717) is 26.2 Å². The molecular formula is C18H26N2O3. The normalized spacial score (nSPS) is 17.7. The maximum Gasteiger partial charge on any atom is 0.409 e. The molecule has 23 heavy (non-hydrogen) atoms. The number of hydrogen-bond acceptors (Lipinski definition) is 3. The zero-order chi connectivity index (χ0) is 16.8. The molecule has 1 aliphatic rings. The van der Waals surface area contributed by atoms with E-state index in [4.69, 9.17) is 4.74 Å². The Morgan fingerprint density at radius 2 is 2.13 bits per heavy atom. The number of rotatable bonds is 4. The second-order valence-corrected chi connectivity index (χ2v) is 6.13. The minimum absolute atomic E-state index is 0.0129. The van der Waals surface area contributed by atoms with Gasteiger partial charge in [0.2, 0.25) is 5.91 Å². The predicted octanol–water partition coefficient (Wildman–Crippen LogP) is 2.79. The Hall–Kier alpha value is -2.04. The molecule has 2 amide bonds. The number of aryl methyl sites for hydroxylation is 2. The van der Waals surface area contributed by atoms with Gasteiger partial charge in [0.1, 0.15) is 0 Å². The third-order valence-corrected chi connectivity index (χ3v) is 4.27. The van der Waals surface area contributed by atoms with Crippen LogP contribution in [0.15, 0.2) is 18.2 Å². The number of benzene rings is 1. The van der Waals surface area contributed by atoms with Gasteiger partial charge in [-0.15, -0.1) is 0 Å². The number of nitrogens with zero attached hydrogens (tertiary/aromatic N) is 1. The van der Waals surface area contributed by atoms with Gasteiger partial charge in [0.25, 0.3) is 0 Å². The Morgan fingerprint density at radius 1 is 1.35 bits per heavy atom. The highest BCUT2D eigenvalue weighted by atomic mass is 16.6. The lowest BCUT2D eigenvalue weighted by Gasteiger charge is -2.31. The third-order valence-electron chi connectivity index (χ3n) is 4.27. The van der Waals surface area contributed by atoms with Crippen LogP contribution >= 0.6 is 0 Å². The molecule has 1 aliphatic heterocycles. The van der Waals surface area contributed by atoms with Crippen LogP contribution in [0.25, 0.3) is 0 Å². The minimum atomic E-state index is -0.320. The Kier molecular flexibility index (Phi) is 6.02. The SMILES string of the molecule is CCOC(=O)N1CCCC(C(=O)NCc2ccc(C)cc2C)C1. The fraction of sp³-hybridized carbons (Fsp3) is 0.556. The van der Waals surface area contributed by atoms with E-state index < -0.39 is 0 Å². The molecule has 1 unspecified atom stereocenters. The van der Waals surface area contributed by atoms with Crippen molar-refractivity contribution in [2.75, 3.05) is 19.7 Å².